The van der Waals surface area contributed by atoms with Crippen molar-refractivity contribution in [3.05, 3.63) is 22.4 Å². The summed E-state index contributed by atoms with van der Waals surface area (Å²) in [6.45, 7) is 0. The van der Waals surface area contributed by atoms with Crippen LogP contribution in [0.3, 0.4) is 0 Å². The van der Waals surface area contributed by atoms with Gasteiger partial charge in [0.05, 0.1) is 12.3 Å². The van der Waals surface area contributed by atoms with Crippen LogP contribution >= 0.6 is 11.3 Å². The molecular weight excluding hydrogens is 200 g/mol. The summed E-state index contributed by atoms with van der Waals surface area (Å²) in [7, 11) is 0. The van der Waals surface area contributed by atoms with E-state index in [-0.39, 0.29) is 24.3 Å². The minimum absolute atomic E-state index is 0.220. The molecule has 2 rings (SSSR count). The summed E-state index contributed by atoms with van der Waals surface area (Å²) in [5.74, 6) is -0.960. The molecule has 0 bridgehead atoms. The monoisotopic (exact) mass is 210 g/mol. The number of aryl methyl sites for hydroxylation is 1. The Balaban J connectivity index is 1.87. The molecule has 0 radical (unpaired) electrons. The largest absolute Gasteiger partial charge is 0.393 e. The lowest BCUT2D eigenvalue weighted by atomic mass is 10.00. The zero-order chi connectivity index (χ0) is 9.97. The Morgan fingerprint density at radius 2 is 2.36 bits per heavy atom. The minimum Gasteiger partial charge on any atom is -0.393 e. The third kappa shape index (κ3) is 2.01. The molecule has 1 aliphatic rings. The van der Waals surface area contributed by atoms with Crippen LogP contribution in [0.4, 0.5) is 0 Å². The molecule has 0 saturated carbocycles. The molecule has 3 nitrogen and oxygen atoms in total. The van der Waals surface area contributed by atoms with E-state index >= 15 is 0 Å². The van der Waals surface area contributed by atoms with E-state index in [1.165, 1.54) is 5.56 Å². The van der Waals surface area contributed by atoms with Crippen LogP contribution in [0.25, 0.3) is 0 Å². The van der Waals surface area contributed by atoms with E-state index in [9.17, 15) is 9.59 Å². The molecule has 1 saturated heterocycles. The molecule has 1 aliphatic heterocycles. The average Bonchev–Trinajstić information content (AvgIpc) is 2.72. The highest BCUT2D eigenvalue weighted by molar-refractivity contribution is 7.07. The SMILES string of the molecule is O=C1CC(CCc2ccsc2)C(=O)O1. The van der Waals surface area contributed by atoms with Gasteiger partial charge in [-0.3, -0.25) is 9.59 Å². The van der Waals surface area contributed by atoms with E-state index in [4.69, 9.17) is 0 Å². The fourth-order valence-corrected chi connectivity index (χ4v) is 2.22. The highest BCUT2D eigenvalue weighted by Gasteiger charge is 2.32. The highest BCUT2D eigenvalue weighted by atomic mass is 32.1. The Kier molecular flexibility index (Phi) is 2.63. The molecule has 2 heterocycles. The van der Waals surface area contributed by atoms with Crippen molar-refractivity contribution in [2.24, 2.45) is 5.92 Å². The fraction of sp³-hybridized carbons (Fsp3) is 0.400. The summed E-state index contributed by atoms with van der Waals surface area (Å²) in [6.07, 6.45) is 1.81. The molecule has 1 fully saturated rings. The molecule has 1 aromatic heterocycles. The maximum atomic E-state index is 11.1. The Bertz CT molecular complexity index is 342. The molecule has 1 aromatic rings. The number of rotatable bonds is 3. The first-order valence-electron chi connectivity index (χ1n) is 4.51. The van der Waals surface area contributed by atoms with Crippen molar-refractivity contribution in [3.8, 4) is 0 Å². The summed E-state index contributed by atoms with van der Waals surface area (Å²) in [5, 5.41) is 4.07. The molecule has 1 atom stereocenters. The second kappa shape index (κ2) is 3.92. The van der Waals surface area contributed by atoms with Crippen molar-refractivity contribution in [2.75, 3.05) is 0 Å². The van der Waals surface area contributed by atoms with Crippen LogP contribution in [-0.2, 0) is 20.7 Å². The van der Waals surface area contributed by atoms with Gasteiger partial charge >= 0.3 is 11.9 Å². The zero-order valence-electron chi connectivity index (χ0n) is 7.56. The Morgan fingerprint density at radius 3 is 2.93 bits per heavy atom. The molecule has 0 aliphatic carbocycles. The number of ether oxygens (including phenoxy) is 1. The number of carbonyl (C=O) groups excluding carboxylic acids is 2. The lowest BCUT2D eigenvalue weighted by Gasteiger charge is -2.01. The van der Waals surface area contributed by atoms with Crippen LogP contribution < -0.4 is 0 Å². The maximum absolute atomic E-state index is 11.1. The van der Waals surface area contributed by atoms with E-state index in [2.05, 4.69) is 10.1 Å². The first kappa shape index (κ1) is 9.40. The van der Waals surface area contributed by atoms with Crippen molar-refractivity contribution in [3.63, 3.8) is 0 Å². The van der Waals surface area contributed by atoms with Gasteiger partial charge in [-0.1, -0.05) is 0 Å². The number of esters is 2. The molecule has 0 amide bonds. The number of hydrogen-bond acceptors (Lipinski definition) is 4. The van der Waals surface area contributed by atoms with Gasteiger partial charge in [0.2, 0.25) is 0 Å². The van der Waals surface area contributed by atoms with Crippen molar-refractivity contribution < 1.29 is 14.3 Å². The van der Waals surface area contributed by atoms with Gasteiger partial charge in [-0.2, -0.15) is 11.3 Å². The summed E-state index contributed by atoms with van der Waals surface area (Å²) >= 11 is 1.64. The quantitative estimate of drug-likeness (QED) is 0.564. The number of hydrogen-bond donors (Lipinski definition) is 0. The molecular formula is C10H10O3S. The van der Waals surface area contributed by atoms with Crippen LogP contribution in [0.15, 0.2) is 16.8 Å². The molecule has 0 aromatic carbocycles. The normalized spacial score (nSPS) is 21.3. The second-order valence-corrected chi connectivity index (χ2v) is 4.14. The third-order valence-electron chi connectivity index (χ3n) is 2.32. The van der Waals surface area contributed by atoms with Gasteiger partial charge in [0, 0.05) is 0 Å². The van der Waals surface area contributed by atoms with E-state index in [0.29, 0.717) is 6.42 Å². The molecule has 14 heavy (non-hydrogen) atoms. The predicted molar refractivity (Wildman–Crippen MR) is 51.8 cm³/mol. The fourth-order valence-electron chi connectivity index (χ4n) is 1.52. The van der Waals surface area contributed by atoms with Gasteiger partial charge in [0.1, 0.15) is 0 Å². The van der Waals surface area contributed by atoms with Crippen LogP contribution in [0.1, 0.15) is 18.4 Å². The zero-order valence-corrected chi connectivity index (χ0v) is 8.38. The number of thiophene rings is 1. The van der Waals surface area contributed by atoms with E-state index in [0.717, 1.165) is 6.42 Å². The van der Waals surface area contributed by atoms with Gasteiger partial charge < -0.3 is 4.74 Å². The Hall–Kier alpha value is -1.16. The average molecular weight is 210 g/mol. The van der Waals surface area contributed by atoms with Crippen molar-refractivity contribution in [1.82, 2.24) is 0 Å². The van der Waals surface area contributed by atoms with E-state index in [1.807, 2.05) is 11.4 Å². The maximum Gasteiger partial charge on any atom is 0.317 e. The summed E-state index contributed by atoms with van der Waals surface area (Å²) in [4.78, 5) is 21.9. The highest BCUT2D eigenvalue weighted by Crippen LogP contribution is 2.22. The predicted octanol–water partition coefficient (Wildman–Crippen LogP) is 1.77. The summed E-state index contributed by atoms with van der Waals surface area (Å²) < 4.78 is 4.47. The standard InChI is InChI=1S/C10H10O3S/c11-9-5-8(10(12)13-9)2-1-7-3-4-14-6-7/h3-4,6,8H,1-2,5H2. The molecule has 74 valence electrons. The van der Waals surface area contributed by atoms with Crippen LogP contribution in [-0.4, -0.2) is 11.9 Å². The Labute approximate surface area is 85.7 Å². The molecule has 4 heteroatoms. The number of cyclic esters (lactones) is 2. The van der Waals surface area contributed by atoms with Crippen molar-refractivity contribution in [2.45, 2.75) is 19.3 Å². The lowest BCUT2D eigenvalue weighted by Crippen LogP contribution is -2.08. The third-order valence-corrected chi connectivity index (χ3v) is 3.05. The first-order chi connectivity index (χ1) is 6.75. The number of carbonyl (C=O) groups is 2. The molecule has 1 unspecified atom stereocenters. The lowest BCUT2D eigenvalue weighted by molar-refractivity contribution is -0.153. The van der Waals surface area contributed by atoms with Crippen LogP contribution in [0.5, 0.6) is 0 Å². The van der Waals surface area contributed by atoms with E-state index in [1.54, 1.807) is 11.3 Å². The Morgan fingerprint density at radius 1 is 1.50 bits per heavy atom. The summed E-state index contributed by atoms with van der Waals surface area (Å²) in [6, 6.07) is 2.03. The minimum atomic E-state index is -0.384. The van der Waals surface area contributed by atoms with Gasteiger partial charge in [0.15, 0.2) is 0 Å². The summed E-state index contributed by atoms with van der Waals surface area (Å²) in [5.41, 5.74) is 1.22. The van der Waals surface area contributed by atoms with Gasteiger partial charge in [-0.15, -0.1) is 0 Å². The van der Waals surface area contributed by atoms with E-state index < -0.39 is 0 Å². The topological polar surface area (TPSA) is 43.4 Å². The van der Waals surface area contributed by atoms with Gasteiger partial charge in [-0.25, -0.2) is 0 Å². The van der Waals surface area contributed by atoms with Crippen LogP contribution in [0.2, 0.25) is 0 Å². The van der Waals surface area contributed by atoms with Gasteiger partial charge in [0.25, 0.3) is 0 Å². The van der Waals surface area contributed by atoms with Crippen LogP contribution in [0, 0.1) is 5.92 Å². The van der Waals surface area contributed by atoms with Crippen molar-refractivity contribution >= 4 is 23.3 Å². The van der Waals surface area contributed by atoms with Gasteiger partial charge in [-0.05, 0) is 35.2 Å². The smallest absolute Gasteiger partial charge is 0.317 e. The van der Waals surface area contributed by atoms with Crippen molar-refractivity contribution in [1.29, 1.82) is 0 Å². The first-order valence-corrected chi connectivity index (χ1v) is 5.45. The second-order valence-electron chi connectivity index (χ2n) is 3.36. The molecule has 0 spiro atoms. The molecule has 0 N–H and O–H groups in total.